The summed E-state index contributed by atoms with van der Waals surface area (Å²) in [7, 11) is 0. The smallest absolute Gasteiger partial charge is 0.326 e. The Hall–Kier alpha value is -3.43. The third-order valence-electron chi connectivity index (χ3n) is 5.32. The van der Waals surface area contributed by atoms with Gasteiger partial charge in [0.1, 0.15) is 12.1 Å². The van der Waals surface area contributed by atoms with Crippen LogP contribution in [0, 0.1) is 0 Å². The van der Waals surface area contributed by atoms with Crippen molar-refractivity contribution in [2.75, 3.05) is 23.4 Å². The van der Waals surface area contributed by atoms with Gasteiger partial charge in [0, 0.05) is 12.5 Å². The zero-order valence-electron chi connectivity index (χ0n) is 17.1. The van der Waals surface area contributed by atoms with Gasteiger partial charge in [-0.1, -0.05) is 19.1 Å². The standard InChI is InChI=1S/C20H24N4O6/c1-4-20(3)18(28)23(19(29)22-20)10-17(27)30-11-16(26)24-12(2)9-15(25)21-13-7-5-6-8-14(13)24/h5-8,12H,4,9-11H2,1-3H3,(H,21,25)(H,22,29)/t12-,20+/m1/s1. The molecule has 160 valence electrons. The van der Waals surface area contributed by atoms with E-state index < -0.39 is 48.5 Å². The molecule has 0 aromatic heterocycles. The Labute approximate surface area is 173 Å². The molecule has 10 heteroatoms. The van der Waals surface area contributed by atoms with Gasteiger partial charge in [-0.3, -0.25) is 24.1 Å². The van der Waals surface area contributed by atoms with Gasteiger partial charge in [0.15, 0.2) is 6.61 Å². The van der Waals surface area contributed by atoms with Gasteiger partial charge in [0.2, 0.25) is 5.91 Å². The van der Waals surface area contributed by atoms with Crippen molar-refractivity contribution in [2.24, 2.45) is 0 Å². The van der Waals surface area contributed by atoms with E-state index in [0.717, 1.165) is 4.90 Å². The summed E-state index contributed by atoms with van der Waals surface area (Å²) in [4.78, 5) is 63.6. The number of ether oxygens (including phenoxy) is 1. The molecular weight excluding hydrogens is 392 g/mol. The average molecular weight is 416 g/mol. The molecule has 0 unspecified atom stereocenters. The zero-order chi connectivity index (χ0) is 22.1. The fourth-order valence-electron chi connectivity index (χ4n) is 3.48. The van der Waals surface area contributed by atoms with Crippen LogP contribution in [0.15, 0.2) is 24.3 Å². The first-order chi connectivity index (χ1) is 14.2. The minimum absolute atomic E-state index is 0.0897. The summed E-state index contributed by atoms with van der Waals surface area (Å²) < 4.78 is 5.04. The van der Waals surface area contributed by atoms with Crippen LogP contribution in [0.4, 0.5) is 16.2 Å². The first kappa shape index (κ1) is 21.3. The van der Waals surface area contributed by atoms with Crippen LogP contribution in [-0.4, -0.2) is 59.4 Å². The number of urea groups is 1. The number of esters is 1. The van der Waals surface area contributed by atoms with Crippen LogP contribution in [0.25, 0.3) is 0 Å². The Balaban J connectivity index is 1.65. The van der Waals surface area contributed by atoms with Crippen LogP contribution in [0.2, 0.25) is 0 Å². The maximum atomic E-state index is 12.8. The first-order valence-electron chi connectivity index (χ1n) is 9.67. The van der Waals surface area contributed by atoms with Crippen molar-refractivity contribution in [3.05, 3.63) is 24.3 Å². The molecular formula is C20H24N4O6. The number of para-hydroxylation sites is 2. The molecule has 1 fully saturated rings. The minimum Gasteiger partial charge on any atom is -0.454 e. The number of imide groups is 1. The third-order valence-corrected chi connectivity index (χ3v) is 5.32. The topological polar surface area (TPSA) is 125 Å². The number of hydrogen-bond donors (Lipinski definition) is 2. The van der Waals surface area contributed by atoms with Gasteiger partial charge >= 0.3 is 12.0 Å². The van der Waals surface area contributed by atoms with Gasteiger partial charge in [-0.2, -0.15) is 0 Å². The maximum absolute atomic E-state index is 12.8. The third kappa shape index (κ3) is 3.98. The van der Waals surface area contributed by atoms with Crippen molar-refractivity contribution >= 4 is 41.1 Å². The number of nitrogens with one attached hydrogen (secondary N) is 2. The molecule has 0 bridgehead atoms. The van der Waals surface area contributed by atoms with Crippen molar-refractivity contribution in [2.45, 2.75) is 45.2 Å². The summed E-state index contributed by atoms with van der Waals surface area (Å²) in [6.07, 6.45) is 0.465. The van der Waals surface area contributed by atoms with E-state index >= 15 is 0 Å². The van der Waals surface area contributed by atoms with Crippen LogP contribution < -0.4 is 15.5 Å². The van der Waals surface area contributed by atoms with Crippen molar-refractivity contribution in [3.63, 3.8) is 0 Å². The molecule has 10 nitrogen and oxygen atoms in total. The number of nitrogens with zero attached hydrogens (tertiary/aromatic N) is 2. The van der Waals surface area contributed by atoms with E-state index in [4.69, 9.17) is 4.74 Å². The first-order valence-corrected chi connectivity index (χ1v) is 9.67. The summed E-state index contributed by atoms with van der Waals surface area (Å²) in [5.74, 6) is -2.13. The Morgan fingerprint density at radius 1 is 1.23 bits per heavy atom. The SMILES string of the molecule is CC[C@]1(C)NC(=O)N(CC(=O)OCC(=O)N2c3ccccc3NC(=O)C[C@H]2C)C1=O. The number of amides is 5. The highest BCUT2D eigenvalue weighted by molar-refractivity contribution is 6.09. The molecule has 0 spiro atoms. The van der Waals surface area contributed by atoms with Crippen LogP contribution >= 0.6 is 0 Å². The lowest BCUT2D eigenvalue weighted by atomic mass is 9.99. The quantitative estimate of drug-likeness (QED) is 0.545. The summed E-state index contributed by atoms with van der Waals surface area (Å²) in [6, 6.07) is 5.72. The number of hydrogen-bond acceptors (Lipinski definition) is 6. The molecule has 5 amide bonds. The highest BCUT2D eigenvalue weighted by atomic mass is 16.5. The molecule has 30 heavy (non-hydrogen) atoms. The van der Waals surface area contributed by atoms with Gasteiger partial charge in [-0.15, -0.1) is 0 Å². The lowest BCUT2D eigenvalue weighted by Crippen LogP contribution is -2.44. The lowest BCUT2D eigenvalue weighted by molar-refractivity contribution is -0.150. The predicted octanol–water partition coefficient (Wildman–Crippen LogP) is 1.01. The highest BCUT2D eigenvalue weighted by Crippen LogP contribution is 2.31. The van der Waals surface area contributed by atoms with Crippen molar-refractivity contribution < 1.29 is 28.7 Å². The van der Waals surface area contributed by atoms with Crippen LogP contribution in [0.3, 0.4) is 0 Å². The summed E-state index contributed by atoms with van der Waals surface area (Å²) in [5.41, 5.74) is -0.0628. The molecule has 3 rings (SSSR count). The second kappa shape index (κ2) is 8.13. The van der Waals surface area contributed by atoms with Crippen LogP contribution in [-0.2, 0) is 23.9 Å². The normalized spacial score (nSPS) is 23.4. The van der Waals surface area contributed by atoms with Crippen molar-refractivity contribution in [3.8, 4) is 0 Å². The number of rotatable bonds is 5. The van der Waals surface area contributed by atoms with Gasteiger partial charge in [-0.25, -0.2) is 4.79 Å². The maximum Gasteiger partial charge on any atom is 0.326 e. The number of benzene rings is 1. The number of carbonyl (C=O) groups excluding carboxylic acids is 5. The van der Waals surface area contributed by atoms with Gasteiger partial charge in [0.05, 0.1) is 11.4 Å². The summed E-state index contributed by atoms with van der Waals surface area (Å²) >= 11 is 0. The van der Waals surface area contributed by atoms with Crippen LogP contribution in [0.1, 0.15) is 33.6 Å². The van der Waals surface area contributed by atoms with E-state index in [2.05, 4.69) is 10.6 Å². The molecule has 2 heterocycles. The summed E-state index contributed by atoms with van der Waals surface area (Å²) in [5, 5.41) is 5.29. The van der Waals surface area contributed by atoms with E-state index in [1.807, 2.05) is 0 Å². The van der Waals surface area contributed by atoms with E-state index in [0.29, 0.717) is 17.8 Å². The van der Waals surface area contributed by atoms with Gasteiger partial charge in [0.25, 0.3) is 11.8 Å². The molecule has 2 atom stereocenters. The zero-order valence-corrected chi connectivity index (χ0v) is 17.1. The molecule has 0 saturated carbocycles. The van der Waals surface area contributed by atoms with Gasteiger partial charge < -0.3 is 20.3 Å². The molecule has 1 saturated heterocycles. The number of carbonyl (C=O) groups is 5. The van der Waals surface area contributed by atoms with Gasteiger partial charge in [-0.05, 0) is 32.4 Å². The molecule has 0 aliphatic carbocycles. The molecule has 2 N–H and O–H groups in total. The highest BCUT2D eigenvalue weighted by Gasteiger charge is 2.47. The van der Waals surface area contributed by atoms with E-state index in [1.165, 1.54) is 4.90 Å². The predicted molar refractivity (Wildman–Crippen MR) is 107 cm³/mol. The fourth-order valence-corrected chi connectivity index (χ4v) is 3.48. The Morgan fingerprint density at radius 3 is 2.60 bits per heavy atom. The molecule has 2 aliphatic rings. The second-order valence-electron chi connectivity index (χ2n) is 7.55. The number of anilines is 2. The Kier molecular flexibility index (Phi) is 5.77. The van der Waals surface area contributed by atoms with E-state index in [1.54, 1.807) is 45.0 Å². The molecule has 0 radical (unpaired) electrons. The lowest BCUT2D eigenvalue weighted by Gasteiger charge is -2.27. The van der Waals surface area contributed by atoms with Crippen molar-refractivity contribution in [1.29, 1.82) is 0 Å². The number of fused-ring (bicyclic) bond motifs is 1. The Morgan fingerprint density at radius 2 is 1.93 bits per heavy atom. The van der Waals surface area contributed by atoms with E-state index in [9.17, 15) is 24.0 Å². The molecule has 1 aromatic carbocycles. The average Bonchev–Trinajstić information content (AvgIpc) is 2.83. The van der Waals surface area contributed by atoms with E-state index in [-0.39, 0.29) is 12.3 Å². The molecule has 2 aliphatic heterocycles. The minimum atomic E-state index is -1.06. The Bertz CT molecular complexity index is 916. The monoisotopic (exact) mass is 416 g/mol. The van der Waals surface area contributed by atoms with Crippen LogP contribution in [0.5, 0.6) is 0 Å². The molecule has 1 aromatic rings. The fraction of sp³-hybridized carbons (Fsp3) is 0.450. The summed E-state index contributed by atoms with van der Waals surface area (Å²) in [6.45, 7) is 3.88. The van der Waals surface area contributed by atoms with Crippen molar-refractivity contribution in [1.82, 2.24) is 10.2 Å². The largest absolute Gasteiger partial charge is 0.454 e. The second-order valence-corrected chi connectivity index (χ2v) is 7.55.